The van der Waals surface area contributed by atoms with Crippen LogP contribution in [0.2, 0.25) is 0 Å². The van der Waals surface area contributed by atoms with Crippen molar-refractivity contribution in [1.29, 1.82) is 0 Å². The molecular weight excluding hydrogens is 1060 g/mol. The lowest BCUT2D eigenvalue weighted by Gasteiger charge is -2.52. The minimum atomic E-state index is -3.25. The molecule has 0 spiro atoms. The molecule has 428 valence electrons. The Labute approximate surface area is 454 Å². The zero-order chi connectivity index (χ0) is 57.9. The van der Waals surface area contributed by atoms with Crippen LogP contribution in [0.3, 0.4) is 0 Å². The molecule has 4 fully saturated rings. The van der Waals surface area contributed by atoms with Crippen molar-refractivity contribution in [2.24, 2.45) is 31.5 Å². The third-order valence-electron chi connectivity index (χ3n) is 13.3. The van der Waals surface area contributed by atoms with Gasteiger partial charge in [0.15, 0.2) is 30.9 Å². The Morgan fingerprint density at radius 2 is 1.26 bits per heavy atom. The second-order valence-electron chi connectivity index (χ2n) is 18.6. The topological polar surface area (TPSA) is 434 Å². The van der Waals surface area contributed by atoms with Crippen molar-refractivity contribution in [3.05, 3.63) is 124 Å². The van der Waals surface area contributed by atoms with Crippen molar-refractivity contribution in [2.75, 3.05) is 26.8 Å². The number of amides is 1. The highest BCUT2D eigenvalue weighted by Crippen LogP contribution is 2.48. The van der Waals surface area contributed by atoms with Gasteiger partial charge in [0.1, 0.15) is 43.7 Å². The van der Waals surface area contributed by atoms with E-state index in [0.29, 0.717) is 5.56 Å². The molecule has 0 aromatic heterocycles. The summed E-state index contributed by atoms with van der Waals surface area (Å²) in [5.74, 6) is -8.65. The molecule has 1 saturated carbocycles. The van der Waals surface area contributed by atoms with E-state index in [1.165, 1.54) is 4.90 Å². The molecule has 2 aromatic rings. The summed E-state index contributed by atoms with van der Waals surface area (Å²) >= 11 is 0. The molecule has 3 heterocycles. The van der Waals surface area contributed by atoms with Crippen LogP contribution in [0.25, 0.3) is 52.2 Å². The second-order valence-corrected chi connectivity index (χ2v) is 18.6. The van der Waals surface area contributed by atoms with Crippen molar-refractivity contribution in [1.82, 2.24) is 4.90 Å². The molecule has 1 amide bonds. The Balaban J connectivity index is 1.44. The van der Waals surface area contributed by atoms with E-state index < -0.39 is 153 Å². The Bertz CT molecular complexity index is 2750. The smallest absolute Gasteiger partial charge is 0.410 e. The van der Waals surface area contributed by atoms with Gasteiger partial charge in [-0.3, -0.25) is 19.2 Å². The average molecular weight is 1120 g/mol. The summed E-state index contributed by atoms with van der Waals surface area (Å²) in [6.45, 7) is 2.49. The van der Waals surface area contributed by atoms with Crippen LogP contribution in [0, 0.1) is 5.92 Å². The fourth-order valence-electron chi connectivity index (χ4n) is 10.1. The minimum Gasteiger partial charge on any atom is -0.463 e. The lowest BCUT2D eigenvalue weighted by molar-refractivity contribution is -0.314. The predicted octanol–water partition coefficient (Wildman–Crippen LogP) is 7.31. The number of carbonyl (C=O) groups is 5. The van der Waals surface area contributed by atoms with E-state index in [0.717, 1.165) is 40.4 Å². The van der Waals surface area contributed by atoms with Gasteiger partial charge in [0.25, 0.3) is 0 Å². The number of methoxy groups -OCH3 is 1. The SMILES string of the molecule is CO[C@@]1(F)C(N=[N+]=[N-])CC(N=[N+]=[N-])[C@@H](C2O[C@H](CN(Cc3ccccc3)C(=O)OCc3ccccc3)CCC2N=[N+]=[N-])[C@@H]1O[C@@H]1O[C@H](COC(C)=O)[C@@H](O[C@H]2O[C@@H](CN=[N+]=[N-])[C@@H](OC(C)=O)[C@H](OC(C)=O)C2N=[N+]=[N-])[C@H]1OC(C)=O. The van der Waals surface area contributed by atoms with Crippen LogP contribution in [0.1, 0.15) is 58.1 Å². The number of nitrogens with zero attached hydrogens (tertiary/aromatic N) is 16. The molecule has 33 heteroatoms. The maximum Gasteiger partial charge on any atom is 0.410 e. The third-order valence-corrected chi connectivity index (χ3v) is 13.3. The molecule has 0 N–H and O–H groups in total. The minimum absolute atomic E-state index is 0.0350. The lowest BCUT2D eigenvalue weighted by Crippen LogP contribution is -2.66. The summed E-state index contributed by atoms with van der Waals surface area (Å²) in [6, 6.07) is 11.6. The number of ether oxygens (including phenoxy) is 11. The largest absolute Gasteiger partial charge is 0.463 e. The fraction of sp³-hybridized carbons (Fsp3) is 0.638. The molecule has 3 aliphatic heterocycles. The van der Waals surface area contributed by atoms with Crippen molar-refractivity contribution in [2.45, 2.75) is 158 Å². The van der Waals surface area contributed by atoms with Crippen molar-refractivity contribution >= 4 is 30.0 Å². The maximum absolute atomic E-state index is 18.4. The first kappa shape index (κ1) is 61.0. The van der Waals surface area contributed by atoms with E-state index in [2.05, 4.69) is 50.1 Å². The fourth-order valence-corrected chi connectivity index (χ4v) is 10.1. The van der Waals surface area contributed by atoms with E-state index in [9.17, 15) is 51.6 Å². The molecule has 17 atom stereocenters. The Morgan fingerprint density at radius 3 is 1.86 bits per heavy atom. The molecule has 2 aromatic carbocycles. The number of benzene rings is 2. The van der Waals surface area contributed by atoms with Crippen LogP contribution in [0.5, 0.6) is 0 Å². The standard InChI is InChI=1S/C47H57FN16O16/c1-24(65)71-23-34-40(79-44-37(58-63-53)41(74-26(3)67)39(73-25(2)66)33(77-44)19-54-59-49)42(75-27(4)68)45(78-34)80-43-36(32(56-61-51)18-35(57-62-52)47(43,48)70-5)38-31(55-60-50)17-16-30(76-38)21-64(20-28-12-8-6-9-13-28)46(69)72-22-29-14-10-7-11-15-29/h6-15,30-45H,16-23H2,1-5H3/t30-,31?,32?,33-,34+,35?,36-,37?,38?,39+,40+,41+,42+,43-,44+,45-,47-/m0/s1. The van der Waals surface area contributed by atoms with Gasteiger partial charge in [-0.2, -0.15) is 0 Å². The second kappa shape index (κ2) is 29.2. The molecule has 80 heavy (non-hydrogen) atoms. The van der Waals surface area contributed by atoms with Gasteiger partial charge < -0.3 is 57.0 Å². The van der Waals surface area contributed by atoms with Crippen LogP contribution in [-0.4, -0.2) is 159 Å². The van der Waals surface area contributed by atoms with Crippen LogP contribution in [0.15, 0.2) is 86.2 Å². The van der Waals surface area contributed by atoms with Crippen LogP contribution >= 0.6 is 0 Å². The van der Waals surface area contributed by atoms with Gasteiger partial charge in [-0.05, 0) is 58.0 Å². The number of carbonyl (C=O) groups excluding carboxylic acids is 5. The molecule has 0 bridgehead atoms. The summed E-state index contributed by atoms with van der Waals surface area (Å²) < 4.78 is 83.9. The van der Waals surface area contributed by atoms with Gasteiger partial charge >= 0.3 is 30.0 Å². The normalized spacial score (nSPS) is 31.5. The third kappa shape index (κ3) is 15.6. The first-order valence-corrected chi connectivity index (χ1v) is 24.8. The number of esters is 4. The van der Waals surface area contributed by atoms with E-state index >= 15 is 4.39 Å². The Kier molecular flexibility index (Phi) is 22.3. The van der Waals surface area contributed by atoms with Gasteiger partial charge in [0.2, 0.25) is 5.85 Å². The highest BCUT2D eigenvalue weighted by Gasteiger charge is 2.64. The first-order valence-electron chi connectivity index (χ1n) is 24.8. The Hall–Kier alpha value is -8.17. The van der Waals surface area contributed by atoms with Crippen molar-refractivity contribution in [3.63, 3.8) is 0 Å². The van der Waals surface area contributed by atoms with Crippen LogP contribution in [0.4, 0.5) is 9.18 Å². The molecule has 3 saturated heterocycles. The zero-order valence-corrected chi connectivity index (χ0v) is 43.7. The number of azide groups is 5. The molecule has 1 aliphatic carbocycles. The number of halogens is 1. The average Bonchev–Trinajstić information content (AvgIpc) is 3.73. The van der Waals surface area contributed by atoms with Gasteiger partial charge in [0, 0.05) is 77.9 Å². The van der Waals surface area contributed by atoms with Crippen LogP contribution in [-0.2, 0) is 84.4 Å². The van der Waals surface area contributed by atoms with Crippen LogP contribution < -0.4 is 0 Å². The molecular formula is C47H57FN16O16. The summed E-state index contributed by atoms with van der Waals surface area (Å²) in [7, 11) is 0.916. The number of rotatable bonds is 23. The zero-order valence-electron chi connectivity index (χ0n) is 43.7. The van der Waals surface area contributed by atoms with E-state index in [1.807, 2.05) is 6.07 Å². The highest BCUT2D eigenvalue weighted by molar-refractivity contribution is 5.68. The quantitative estimate of drug-likeness (QED) is 0.0346. The first-order chi connectivity index (χ1) is 38.5. The van der Waals surface area contributed by atoms with Gasteiger partial charge in [0.05, 0.1) is 37.4 Å². The maximum atomic E-state index is 18.4. The van der Waals surface area contributed by atoms with E-state index in [1.54, 1.807) is 54.6 Å². The molecule has 6 rings (SSSR count). The lowest BCUT2D eigenvalue weighted by atomic mass is 9.71. The summed E-state index contributed by atoms with van der Waals surface area (Å²) in [6.07, 6.45) is -19.8. The highest BCUT2D eigenvalue weighted by atomic mass is 19.2. The van der Waals surface area contributed by atoms with E-state index in [-0.39, 0.29) is 32.5 Å². The number of hydrogen-bond donors (Lipinski definition) is 0. The molecule has 0 radical (unpaired) electrons. The number of alkyl halides is 1. The van der Waals surface area contributed by atoms with Gasteiger partial charge in [-0.1, -0.05) is 86.2 Å². The molecule has 5 unspecified atom stereocenters. The monoisotopic (exact) mass is 1120 g/mol. The Morgan fingerprint density at radius 1 is 0.662 bits per heavy atom. The van der Waals surface area contributed by atoms with Crippen molar-refractivity contribution < 1.29 is 80.5 Å². The summed E-state index contributed by atoms with van der Waals surface area (Å²) in [4.78, 5) is 80.2. The van der Waals surface area contributed by atoms with Gasteiger partial charge in [-0.15, -0.1) is 0 Å². The molecule has 32 nitrogen and oxygen atoms in total. The number of hydrogen-bond acceptors (Lipinski definition) is 21. The van der Waals surface area contributed by atoms with Crippen molar-refractivity contribution in [3.8, 4) is 0 Å². The van der Waals surface area contributed by atoms with Gasteiger partial charge in [-0.25, -0.2) is 9.18 Å². The molecule has 4 aliphatic rings. The van der Waals surface area contributed by atoms with E-state index in [4.69, 9.17) is 52.1 Å². The predicted molar refractivity (Wildman–Crippen MR) is 266 cm³/mol. The summed E-state index contributed by atoms with van der Waals surface area (Å²) in [5, 5.41) is 18.9. The summed E-state index contributed by atoms with van der Waals surface area (Å²) in [5.41, 5.74) is 50.2.